The van der Waals surface area contributed by atoms with E-state index in [9.17, 15) is 0 Å². The Labute approximate surface area is 66.7 Å². The Balaban J connectivity index is 2.44. The van der Waals surface area contributed by atoms with Gasteiger partial charge >= 0.3 is 0 Å². The molecule has 62 valence electrons. The van der Waals surface area contributed by atoms with Gasteiger partial charge in [0.15, 0.2) is 0 Å². The third kappa shape index (κ3) is 2.35. The normalized spacial score (nSPS) is 10.4. The first kappa shape index (κ1) is 8.27. The standard InChI is InChI=1S/C8H14N2O/c1-2-10-6-5-8(9-10)4-3-7-11/h5-6,11H,2-4,7H2,1H3. The average Bonchev–Trinajstić information content (AvgIpc) is 2.48. The van der Waals surface area contributed by atoms with Gasteiger partial charge in [-0.2, -0.15) is 5.10 Å². The Morgan fingerprint density at radius 3 is 3.00 bits per heavy atom. The predicted octanol–water partition coefficient (Wildman–Crippen LogP) is 0.828. The molecule has 0 fully saturated rings. The van der Waals surface area contributed by atoms with Crippen molar-refractivity contribution in [1.82, 2.24) is 9.78 Å². The zero-order valence-corrected chi connectivity index (χ0v) is 6.82. The van der Waals surface area contributed by atoms with Gasteiger partial charge in [0.05, 0.1) is 5.69 Å². The molecule has 1 rings (SSSR count). The fourth-order valence-electron chi connectivity index (χ4n) is 0.973. The lowest BCUT2D eigenvalue weighted by molar-refractivity contribution is 0.288. The maximum Gasteiger partial charge on any atom is 0.0625 e. The van der Waals surface area contributed by atoms with Crippen molar-refractivity contribution in [3.63, 3.8) is 0 Å². The van der Waals surface area contributed by atoms with Gasteiger partial charge in [-0.15, -0.1) is 0 Å². The van der Waals surface area contributed by atoms with Crippen LogP contribution in [0.1, 0.15) is 19.0 Å². The van der Waals surface area contributed by atoms with E-state index in [4.69, 9.17) is 5.11 Å². The maximum atomic E-state index is 8.56. The molecule has 1 heterocycles. The van der Waals surface area contributed by atoms with Crippen LogP contribution in [0.25, 0.3) is 0 Å². The van der Waals surface area contributed by atoms with Crippen LogP contribution in [0.4, 0.5) is 0 Å². The van der Waals surface area contributed by atoms with E-state index in [0.29, 0.717) is 0 Å². The fraction of sp³-hybridized carbons (Fsp3) is 0.625. The van der Waals surface area contributed by atoms with Gasteiger partial charge in [-0.05, 0) is 25.8 Å². The molecule has 0 radical (unpaired) electrons. The first-order valence-corrected chi connectivity index (χ1v) is 4.00. The van der Waals surface area contributed by atoms with Crippen molar-refractivity contribution in [1.29, 1.82) is 0 Å². The van der Waals surface area contributed by atoms with Crippen LogP contribution in [0, 0.1) is 0 Å². The van der Waals surface area contributed by atoms with Gasteiger partial charge in [0.25, 0.3) is 0 Å². The molecule has 0 aromatic carbocycles. The highest BCUT2D eigenvalue weighted by atomic mass is 16.2. The van der Waals surface area contributed by atoms with Crippen molar-refractivity contribution in [3.05, 3.63) is 18.0 Å². The zero-order chi connectivity index (χ0) is 8.10. The zero-order valence-electron chi connectivity index (χ0n) is 6.82. The van der Waals surface area contributed by atoms with Crippen molar-refractivity contribution >= 4 is 0 Å². The van der Waals surface area contributed by atoms with Crippen molar-refractivity contribution < 1.29 is 5.11 Å². The van der Waals surface area contributed by atoms with Gasteiger partial charge in [-0.3, -0.25) is 4.68 Å². The molecular weight excluding hydrogens is 140 g/mol. The van der Waals surface area contributed by atoms with E-state index in [1.165, 1.54) is 0 Å². The molecule has 0 bridgehead atoms. The van der Waals surface area contributed by atoms with E-state index < -0.39 is 0 Å². The van der Waals surface area contributed by atoms with Crippen LogP contribution in [0.5, 0.6) is 0 Å². The van der Waals surface area contributed by atoms with Crippen molar-refractivity contribution in [3.8, 4) is 0 Å². The Bertz CT molecular complexity index is 208. The maximum absolute atomic E-state index is 8.56. The molecule has 0 spiro atoms. The minimum absolute atomic E-state index is 0.249. The molecule has 1 N–H and O–H groups in total. The molecule has 3 heteroatoms. The third-order valence-electron chi connectivity index (χ3n) is 1.61. The lowest BCUT2D eigenvalue weighted by Gasteiger charge is -1.93. The average molecular weight is 154 g/mol. The van der Waals surface area contributed by atoms with Crippen molar-refractivity contribution in [2.75, 3.05) is 6.61 Å². The minimum atomic E-state index is 0.249. The summed E-state index contributed by atoms with van der Waals surface area (Å²) >= 11 is 0. The minimum Gasteiger partial charge on any atom is -0.396 e. The quantitative estimate of drug-likeness (QED) is 0.697. The van der Waals surface area contributed by atoms with Crippen molar-refractivity contribution in [2.24, 2.45) is 0 Å². The summed E-state index contributed by atoms with van der Waals surface area (Å²) in [5.74, 6) is 0. The number of nitrogens with zero attached hydrogens (tertiary/aromatic N) is 2. The number of aryl methyl sites for hydroxylation is 2. The van der Waals surface area contributed by atoms with Gasteiger partial charge in [-0.1, -0.05) is 0 Å². The van der Waals surface area contributed by atoms with E-state index in [2.05, 4.69) is 12.0 Å². The summed E-state index contributed by atoms with van der Waals surface area (Å²) in [4.78, 5) is 0. The molecule has 11 heavy (non-hydrogen) atoms. The first-order valence-electron chi connectivity index (χ1n) is 4.00. The summed E-state index contributed by atoms with van der Waals surface area (Å²) in [5, 5.41) is 12.8. The molecule has 1 aromatic rings. The highest BCUT2D eigenvalue weighted by Gasteiger charge is 1.95. The first-order chi connectivity index (χ1) is 5.36. The molecule has 0 saturated carbocycles. The van der Waals surface area contributed by atoms with E-state index in [1.807, 2.05) is 16.9 Å². The number of hydrogen-bond acceptors (Lipinski definition) is 2. The monoisotopic (exact) mass is 154 g/mol. The van der Waals surface area contributed by atoms with Crippen LogP contribution in [-0.2, 0) is 13.0 Å². The van der Waals surface area contributed by atoms with Crippen LogP contribution >= 0.6 is 0 Å². The van der Waals surface area contributed by atoms with E-state index >= 15 is 0 Å². The topological polar surface area (TPSA) is 38.0 Å². The number of rotatable bonds is 4. The Hall–Kier alpha value is -0.830. The van der Waals surface area contributed by atoms with Gasteiger partial charge < -0.3 is 5.11 Å². The Morgan fingerprint density at radius 2 is 2.45 bits per heavy atom. The second-order valence-electron chi connectivity index (χ2n) is 2.49. The summed E-state index contributed by atoms with van der Waals surface area (Å²) in [6.45, 7) is 3.22. The summed E-state index contributed by atoms with van der Waals surface area (Å²) in [7, 11) is 0. The smallest absolute Gasteiger partial charge is 0.0625 e. The number of hydrogen-bond donors (Lipinski definition) is 1. The molecule has 0 aliphatic carbocycles. The Morgan fingerprint density at radius 1 is 1.64 bits per heavy atom. The van der Waals surface area contributed by atoms with Gasteiger partial charge in [-0.25, -0.2) is 0 Å². The third-order valence-corrected chi connectivity index (χ3v) is 1.61. The predicted molar refractivity (Wildman–Crippen MR) is 43.3 cm³/mol. The summed E-state index contributed by atoms with van der Waals surface area (Å²) in [6.07, 6.45) is 3.65. The van der Waals surface area contributed by atoms with Crippen LogP contribution < -0.4 is 0 Å². The molecule has 0 unspecified atom stereocenters. The second kappa shape index (κ2) is 4.13. The number of aliphatic hydroxyl groups excluding tert-OH is 1. The highest BCUT2D eigenvalue weighted by Crippen LogP contribution is 1.98. The summed E-state index contributed by atoms with van der Waals surface area (Å²) in [6, 6.07) is 2.00. The summed E-state index contributed by atoms with van der Waals surface area (Å²) < 4.78 is 1.90. The summed E-state index contributed by atoms with van der Waals surface area (Å²) in [5.41, 5.74) is 1.07. The highest BCUT2D eigenvalue weighted by molar-refractivity contribution is 4.98. The molecular formula is C8H14N2O. The lowest BCUT2D eigenvalue weighted by atomic mass is 10.2. The number of aliphatic hydroxyl groups is 1. The van der Waals surface area contributed by atoms with Crippen LogP contribution in [-0.4, -0.2) is 21.5 Å². The largest absolute Gasteiger partial charge is 0.396 e. The molecule has 0 atom stereocenters. The van der Waals surface area contributed by atoms with Gasteiger partial charge in [0.2, 0.25) is 0 Å². The van der Waals surface area contributed by atoms with E-state index in [-0.39, 0.29) is 6.61 Å². The van der Waals surface area contributed by atoms with E-state index in [0.717, 1.165) is 25.1 Å². The SMILES string of the molecule is CCn1ccc(CCCO)n1. The van der Waals surface area contributed by atoms with Gasteiger partial charge in [0, 0.05) is 19.3 Å². The van der Waals surface area contributed by atoms with Crippen LogP contribution in [0.15, 0.2) is 12.3 Å². The van der Waals surface area contributed by atoms with Gasteiger partial charge in [0.1, 0.15) is 0 Å². The molecule has 0 amide bonds. The Kier molecular flexibility index (Phi) is 3.11. The molecule has 0 aliphatic rings. The van der Waals surface area contributed by atoms with Crippen molar-refractivity contribution in [2.45, 2.75) is 26.3 Å². The lowest BCUT2D eigenvalue weighted by Crippen LogP contribution is -1.96. The van der Waals surface area contributed by atoms with E-state index in [1.54, 1.807) is 0 Å². The molecule has 1 aromatic heterocycles. The fourth-order valence-corrected chi connectivity index (χ4v) is 0.973. The van der Waals surface area contributed by atoms with Crippen LogP contribution in [0.2, 0.25) is 0 Å². The molecule has 0 aliphatic heterocycles. The van der Waals surface area contributed by atoms with Crippen LogP contribution in [0.3, 0.4) is 0 Å². The number of aromatic nitrogens is 2. The molecule has 0 saturated heterocycles. The molecule has 3 nitrogen and oxygen atoms in total. The second-order valence-corrected chi connectivity index (χ2v) is 2.49.